The van der Waals surface area contributed by atoms with E-state index in [1.54, 1.807) is 28.6 Å². The van der Waals surface area contributed by atoms with Crippen molar-refractivity contribution in [3.8, 4) is 0 Å². The molecule has 19 heavy (non-hydrogen) atoms. The summed E-state index contributed by atoms with van der Waals surface area (Å²) in [6.45, 7) is 5.32. The average Bonchev–Trinajstić information content (AvgIpc) is 2.70. The highest BCUT2D eigenvalue weighted by Crippen LogP contribution is 2.31. The summed E-state index contributed by atoms with van der Waals surface area (Å²) in [5.74, 6) is 0.0108. The Balaban J connectivity index is 2.13. The number of rotatable bonds is 4. The van der Waals surface area contributed by atoms with E-state index in [0.29, 0.717) is 13.1 Å². The van der Waals surface area contributed by atoms with E-state index in [4.69, 9.17) is 5.11 Å². The molecule has 1 saturated heterocycles. The molecule has 0 unspecified atom stereocenters. The van der Waals surface area contributed by atoms with E-state index < -0.39 is 10.0 Å². The molecule has 2 rings (SSSR count). The normalized spacial score (nSPS) is 19.7. The van der Waals surface area contributed by atoms with Crippen LogP contribution in [-0.2, 0) is 22.4 Å². The second kappa shape index (κ2) is 5.23. The SMILES string of the molecule is CC1(C)CCN(S(=O)(=O)Cc2cccc(CO)c2)C1. The molecule has 1 heterocycles. The van der Waals surface area contributed by atoms with E-state index in [2.05, 4.69) is 13.8 Å². The van der Waals surface area contributed by atoms with Crippen molar-refractivity contribution in [1.29, 1.82) is 0 Å². The predicted octanol–water partition coefficient (Wildman–Crippen LogP) is 1.74. The topological polar surface area (TPSA) is 57.6 Å². The first-order valence-electron chi connectivity index (χ1n) is 6.49. The van der Waals surface area contributed by atoms with Crippen molar-refractivity contribution in [2.75, 3.05) is 13.1 Å². The maximum atomic E-state index is 12.4. The Hall–Kier alpha value is -0.910. The van der Waals surface area contributed by atoms with Crippen LogP contribution >= 0.6 is 0 Å². The van der Waals surface area contributed by atoms with Gasteiger partial charge in [0.2, 0.25) is 10.0 Å². The Labute approximate surface area is 115 Å². The summed E-state index contributed by atoms with van der Waals surface area (Å²) in [5, 5.41) is 9.08. The van der Waals surface area contributed by atoms with Gasteiger partial charge < -0.3 is 5.11 Å². The van der Waals surface area contributed by atoms with Crippen LogP contribution < -0.4 is 0 Å². The molecule has 0 aromatic heterocycles. The molecule has 4 nitrogen and oxygen atoms in total. The quantitative estimate of drug-likeness (QED) is 0.915. The summed E-state index contributed by atoms with van der Waals surface area (Å²) < 4.78 is 26.3. The molecule has 1 aliphatic rings. The van der Waals surface area contributed by atoms with Crippen LogP contribution in [0, 0.1) is 5.41 Å². The Kier molecular flexibility index (Phi) is 3.99. The van der Waals surface area contributed by atoms with E-state index in [-0.39, 0.29) is 17.8 Å². The van der Waals surface area contributed by atoms with Gasteiger partial charge in [0.1, 0.15) is 0 Å². The lowest BCUT2D eigenvalue weighted by Crippen LogP contribution is -2.31. The fraction of sp³-hybridized carbons (Fsp3) is 0.571. The van der Waals surface area contributed by atoms with E-state index in [0.717, 1.165) is 17.5 Å². The van der Waals surface area contributed by atoms with Gasteiger partial charge in [0, 0.05) is 13.1 Å². The van der Waals surface area contributed by atoms with Gasteiger partial charge in [-0.2, -0.15) is 0 Å². The molecular weight excluding hydrogens is 262 g/mol. The summed E-state index contributed by atoms with van der Waals surface area (Å²) in [6, 6.07) is 7.11. The molecule has 1 aliphatic heterocycles. The number of benzene rings is 1. The van der Waals surface area contributed by atoms with Gasteiger partial charge in [0.05, 0.1) is 12.4 Å². The number of hydrogen-bond acceptors (Lipinski definition) is 3. The molecule has 0 amide bonds. The van der Waals surface area contributed by atoms with Crippen molar-refractivity contribution in [2.45, 2.75) is 32.6 Å². The highest BCUT2D eigenvalue weighted by molar-refractivity contribution is 7.88. The second-order valence-electron chi connectivity index (χ2n) is 5.98. The molecule has 1 fully saturated rings. The van der Waals surface area contributed by atoms with Crippen molar-refractivity contribution >= 4 is 10.0 Å². The van der Waals surface area contributed by atoms with Crippen molar-refractivity contribution in [2.24, 2.45) is 5.41 Å². The first-order valence-corrected chi connectivity index (χ1v) is 8.10. The van der Waals surface area contributed by atoms with Crippen LogP contribution in [0.4, 0.5) is 0 Å². The van der Waals surface area contributed by atoms with Gasteiger partial charge in [0.15, 0.2) is 0 Å². The molecule has 0 aliphatic carbocycles. The minimum Gasteiger partial charge on any atom is -0.392 e. The molecular formula is C14H21NO3S. The summed E-state index contributed by atoms with van der Waals surface area (Å²) in [5.41, 5.74) is 1.55. The number of aliphatic hydroxyl groups is 1. The standard InChI is InChI=1S/C14H21NO3S/c1-14(2)6-7-15(11-14)19(17,18)10-13-5-3-4-12(8-13)9-16/h3-5,8,16H,6-7,9-11H2,1-2H3. The van der Waals surface area contributed by atoms with Crippen LogP contribution in [0.3, 0.4) is 0 Å². The number of aliphatic hydroxyl groups excluding tert-OH is 1. The first-order chi connectivity index (χ1) is 8.82. The lowest BCUT2D eigenvalue weighted by atomic mass is 9.93. The number of hydrogen-bond donors (Lipinski definition) is 1. The molecule has 0 bridgehead atoms. The summed E-state index contributed by atoms with van der Waals surface area (Å²) in [6.07, 6.45) is 0.906. The third kappa shape index (κ3) is 3.55. The highest BCUT2D eigenvalue weighted by atomic mass is 32.2. The Bertz CT molecular complexity index is 552. The van der Waals surface area contributed by atoms with Gasteiger partial charge in [-0.15, -0.1) is 0 Å². The predicted molar refractivity (Wildman–Crippen MR) is 75.0 cm³/mol. The van der Waals surface area contributed by atoms with Crippen molar-refractivity contribution < 1.29 is 13.5 Å². The maximum Gasteiger partial charge on any atom is 0.218 e. The van der Waals surface area contributed by atoms with Gasteiger partial charge in [-0.1, -0.05) is 38.1 Å². The van der Waals surface area contributed by atoms with Crippen molar-refractivity contribution in [3.63, 3.8) is 0 Å². The lowest BCUT2D eigenvalue weighted by Gasteiger charge is -2.19. The van der Waals surface area contributed by atoms with Gasteiger partial charge >= 0.3 is 0 Å². The van der Waals surface area contributed by atoms with Crippen LogP contribution in [-0.4, -0.2) is 30.9 Å². The van der Waals surface area contributed by atoms with Gasteiger partial charge in [-0.25, -0.2) is 12.7 Å². The van der Waals surface area contributed by atoms with Crippen LogP contribution in [0.15, 0.2) is 24.3 Å². The summed E-state index contributed by atoms with van der Waals surface area (Å²) >= 11 is 0. The lowest BCUT2D eigenvalue weighted by molar-refractivity contribution is 0.281. The van der Waals surface area contributed by atoms with E-state index >= 15 is 0 Å². The minimum atomic E-state index is -3.26. The van der Waals surface area contributed by atoms with Crippen LogP contribution in [0.5, 0.6) is 0 Å². The molecule has 0 spiro atoms. The van der Waals surface area contributed by atoms with Crippen LogP contribution in [0.2, 0.25) is 0 Å². The van der Waals surface area contributed by atoms with Crippen molar-refractivity contribution in [1.82, 2.24) is 4.31 Å². The third-order valence-electron chi connectivity index (χ3n) is 3.56. The first kappa shape index (κ1) is 14.5. The Morgan fingerprint density at radius 1 is 1.32 bits per heavy atom. The second-order valence-corrected chi connectivity index (χ2v) is 7.95. The summed E-state index contributed by atoms with van der Waals surface area (Å²) in [7, 11) is -3.26. The smallest absolute Gasteiger partial charge is 0.218 e. The van der Waals surface area contributed by atoms with E-state index in [9.17, 15) is 8.42 Å². The zero-order valence-electron chi connectivity index (χ0n) is 11.5. The fourth-order valence-corrected chi connectivity index (χ4v) is 4.12. The van der Waals surface area contributed by atoms with Gasteiger partial charge in [0.25, 0.3) is 0 Å². The average molecular weight is 283 g/mol. The molecule has 1 N–H and O–H groups in total. The van der Waals surface area contributed by atoms with Crippen LogP contribution in [0.25, 0.3) is 0 Å². The zero-order chi connectivity index (χ0) is 14.1. The molecule has 0 saturated carbocycles. The van der Waals surface area contributed by atoms with Gasteiger partial charge in [-0.3, -0.25) is 0 Å². The maximum absolute atomic E-state index is 12.4. The van der Waals surface area contributed by atoms with Crippen LogP contribution in [0.1, 0.15) is 31.4 Å². The molecule has 5 heteroatoms. The minimum absolute atomic E-state index is 0.0108. The summed E-state index contributed by atoms with van der Waals surface area (Å²) in [4.78, 5) is 0. The number of sulfonamides is 1. The molecule has 1 aromatic carbocycles. The Morgan fingerprint density at radius 3 is 2.58 bits per heavy atom. The van der Waals surface area contributed by atoms with E-state index in [1.807, 2.05) is 0 Å². The van der Waals surface area contributed by atoms with E-state index in [1.165, 1.54) is 0 Å². The third-order valence-corrected chi connectivity index (χ3v) is 5.36. The molecule has 0 atom stereocenters. The molecule has 0 radical (unpaired) electrons. The fourth-order valence-electron chi connectivity index (χ4n) is 2.42. The largest absolute Gasteiger partial charge is 0.392 e. The monoisotopic (exact) mass is 283 g/mol. The zero-order valence-corrected chi connectivity index (χ0v) is 12.3. The van der Waals surface area contributed by atoms with Crippen molar-refractivity contribution in [3.05, 3.63) is 35.4 Å². The highest BCUT2D eigenvalue weighted by Gasteiger charge is 2.35. The molecule has 106 valence electrons. The number of nitrogens with zero attached hydrogens (tertiary/aromatic N) is 1. The van der Waals surface area contributed by atoms with Gasteiger partial charge in [-0.05, 0) is 23.0 Å². The Morgan fingerprint density at radius 2 is 2.00 bits per heavy atom. The molecule has 1 aromatic rings.